The van der Waals surface area contributed by atoms with Gasteiger partial charge in [0, 0.05) is 30.4 Å². The molecule has 0 bridgehead atoms. The fourth-order valence-electron chi connectivity index (χ4n) is 2.87. The molecule has 0 spiro atoms. The van der Waals surface area contributed by atoms with Gasteiger partial charge in [0.2, 0.25) is 5.91 Å². The van der Waals surface area contributed by atoms with Crippen LogP contribution >= 0.6 is 23.2 Å². The molecule has 2 rings (SSSR count). The van der Waals surface area contributed by atoms with Gasteiger partial charge in [-0.2, -0.15) is 0 Å². The number of carbonyl (C=O) groups excluding carboxylic acids is 1. The molecule has 1 unspecified atom stereocenters. The molecule has 0 aliphatic carbocycles. The zero-order chi connectivity index (χ0) is 19.1. The molecular formula is C20H24Cl2N2O2. The number of carbonyl (C=O) groups is 1. The zero-order valence-electron chi connectivity index (χ0n) is 15.3. The van der Waals surface area contributed by atoms with Crippen molar-refractivity contribution in [2.45, 2.75) is 32.6 Å². The third-order valence-corrected chi connectivity index (χ3v) is 4.81. The summed E-state index contributed by atoms with van der Waals surface area (Å²) in [7, 11) is 1.65. The van der Waals surface area contributed by atoms with Crippen molar-refractivity contribution in [3.05, 3.63) is 57.8 Å². The van der Waals surface area contributed by atoms with Crippen LogP contribution < -0.4 is 10.1 Å². The smallest absolute Gasteiger partial charge is 0.224 e. The van der Waals surface area contributed by atoms with Crippen LogP contribution in [0.1, 0.15) is 37.3 Å². The number of amides is 1. The number of hydrogen-bond donors (Lipinski definition) is 1. The molecule has 0 aliphatic rings. The molecule has 1 heterocycles. The summed E-state index contributed by atoms with van der Waals surface area (Å²) in [5.74, 6) is 1.42. The number of aromatic nitrogens is 1. The van der Waals surface area contributed by atoms with Crippen LogP contribution in [0.15, 0.2) is 36.7 Å². The predicted molar refractivity (Wildman–Crippen MR) is 106 cm³/mol. The van der Waals surface area contributed by atoms with E-state index in [0.717, 1.165) is 17.7 Å². The van der Waals surface area contributed by atoms with Crippen molar-refractivity contribution in [1.29, 1.82) is 0 Å². The van der Waals surface area contributed by atoms with Crippen LogP contribution in [-0.4, -0.2) is 24.5 Å². The Morgan fingerprint density at radius 2 is 1.92 bits per heavy atom. The lowest BCUT2D eigenvalue weighted by atomic mass is 9.90. The van der Waals surface area contributed by atoms with Gasteiger partial charge < -0.3 is 10.1 Å². The van der Waals surface area contributed by atoms with Crippen molar-refractivity contribution in [3.8, 4) is 5.75 Å². The molecule has 1 aromatic carbocycles. The Labute approximate surface area is 164 Å². The number of benzene rings is 1. The van der Waals surface area contributed by atoms with Crippen LogP contribution in [0.2, 0.25) is 10.0 Å². The molecule has 0 saturated heterocycles. The first-order chi connectivity index (χ1) is 12.4. The van der Waals surface area contributed by atoms with Gasteiger partial charge in [-0.05, 0) is 30.0 Å². The minimum absolute atomic E-state index is 0.114. The summed E-state index contributed by atoms with van der Waals surface area (Å²) >= 11 is 12.2. The molecular weight excluding hydrogens is 371 g/mol. The number of nitrogens with zero attached hydrogens (tertiary/aromatic N) is 1. The molecule has 0 fully saturated rings. The standard InChI is InChI=1S/C20H24Cl2N2O2/c1-13(2)7-15(14-5-4-6-16(8-14)26-3)10-24-20(25)9-17-18(21)11-23-12-19(17)22/h4-6,8,11-13,15H,7,9-10H2,1-3H3,(H,24,25). The van der Waals surface area contributed by atoms with Crippen molar-refractivity contribution in [2.24, 2.45) is 5.92 Å². The molecule has 0 aliphatic heterocycles. The van der Waals surface area contributed by atoms with Crippen LogP contribution in [0, 0.1) is 5.92 Å². The zero-order valence-corrected chi connectivity index (χ0v) is 16.8. The summed E-state index contributed by atoms with van der Waals surface area (Å²) in [6.45, 7) is 4.89. The predicted octanol–water partition coefficient (Wildman–Crippen LogP) is 4.89. The molecule has 2 aromatic rings. The van der Waals surface area contributed by atoms with Crippen LogP contribution in [0.5, 0.6) is 5.75 Å². The van der Waals surface area contributed by atoms with E-state index in [1.165, 1.54) is 12.4 Å². The number of hydrogen-bond acceptors (Lipinski definition) is 3. The molecule has 140 valence electrons. The first-order valence-electron chi connectivity index (χ1n) is 8.59. The minimum atomic E-state index is -0.114. The fourth-order valence-corrected chi connectivity index (χ4v) is 3.37. The summed E-state index contributed by atoms with van der Waals surface area (Å²) in [4.78, 5) is 16.3. The van der Waals surface area contributed by atoms with Gasteiger partial charge in [-0.15, -0.1) is 0 Å². The number of ether oxygens (including phenoxy) is 1. The number of nitrogens with one attached hydrogen (secondary N) is 1. The van der Waals surface area contributed by atoms with Crippen molar-refractivity contribution >= 4 is 29.1 Å². The van der Waals surface area contributed by atoms with Gasteiger partial charge in [0.1, 0.15) is 5.75 Å². The maximum absolute atomic E-state index is 12.4. The molecule has 6 heteroatoms. The summed E-state index contributed by atoms with van der Waals surface area (Å²) in [5.41, 5.74) is 1.75. The lowest BCUT2D eigenvalue weighted by molar-refractivity contribution is -0.120. The van der Waals surface area contributed by atoms with Crippen LogP contribution in [0.3, 0.4) is 0 Å². The second-order valence-corrected chi connectivity index (χ2v) is 7.48. The second-order valence-electron chi connectivity index (χ2n) is 6.67. The highest BCUT2D eigenvalue weighted by Gasteiger charge is 2.17. The molecule has 26 heavy (non-hydrogen) atoms. The summed E-state index contributed by atoms with van der Waals surface area (Å²) in [5, 5.41) is 3.81. The molecule has 1 amide bonds. The Bertz CT molecular complexity index is 730. The van der Waals surface area contributed by atoms with Crippen LogP contribution in [0.4, 0.5) is 0 Å². The summed E-state index contributed by atoms with van der Waals surface area (Å²) in [6.07, 6.45) is 4.08. The summed E-state index contributed by atoms with van der Waals surface area (Å²) in [6, 6.07) is 7.98. The molecule has 1 atom stereocenters. The Morgan fingerprint density at radius 1 is 1.23 bits per heavy atom. The molecule has 0 radical (unpaired) electrons. The van der Waals surface area contributed by atoms with E-state index in [1.54, 1.807) is 7.11 Å². The Hall–Kier alpha value is -1.78. The maximum atomic E-state index is 12.4. The SMILES string of the molecule is COc1cccc(C(CNC(=O)Cc2c(Cl)cncc2Cl)CC(C)C)c1. The average molecular weight is 395 g/mol. The maximum Gasteiger partial charge on any atom is 0.224 e. The third-order valence-electron chi connectivity index (χ3n) is 4.16. The van der Waals surface area contributed by atoms with E-state index < -0.39 is 0 Å². The highest BCUT2D eigenvalue weighted by atomic mass is 35.5. The van der Waals surface area contributed by atoms with E-state index in [0.29, 0.717) is 28.1 Å². The number of halogens is 2. The molecule has 1 N–H and O–H groups in total. The van der Waals surface area contributed by atoms with Gasteiger partial charge in [0.15, 0.2) is 0 Å². The van der Waals surface area contributed by atoms with E-state index in [4.69, 9.17) is 27.9 Å². The van der Waals surface area contributed by atoms with Gasteiger partial charge in [-0.1, -0.05) is 49.2 Å². The van der Waals surface area contributed by atoms with E-state index in [-0.39, 0.29) is 18.2 Å². The van der Waals surface area contributed by atoms with Crippen molar-refractivity contribution in [3.63, 3.8) is 0 Å². The topological polar surface area (TPSA) is 51.2 Å². The van der Waals surface area contributed by atoms with Gasteiger partial charge >= 0.3 is 0 Å². The Balaban J connectivity index is 2.05. The molecule has 0 saturated carbocycles. The van der Waals surface area contributed by atoms with Crippen LogP contribution in [-0.2, 0) is 11.2 Å². The number of methoxy groups -OCH3 is 1. The second kappa shape index (κ2) is 9.79. The average Bonchev–Trinajstić information content (AvgIpc) is 2.61. The van der Waals surface area contributed by atoms with E-state index in [2.05, 4.69) is 30.2 Å². The largest absolute Gasteiger partial charge is 0.497 e. The van der Waals surface area contributed by atoms with E-state index >= 15 is 0 Å². The molecule has 4 nitrogen and oxygen atoms in total. The lowest BCUT2D eigenvalue weighted by Gasteiger charge is -2.21. The molecule has 1 aromatic heterocycles. The lowest BCUT2D eigenvalue weighted by Crippen LogP contribution is -2.30. The quantitative estimate of drug-likeness (QED) is 0.693. The Kier molecular flexibility index (Phi) is 7.73. The minimum Gasteiger partial charge on any atom is -0.497 e. The normalized spacial score (nSPS) is 12.1. The van der Waals surface area contributed by atoms with Gasteiger partial charge in [-0.25, -0.2) is 0 Å². The highest BCUT2D eigenvalue weighted by molar-refractivity contribution is 6.36. The summed E-state index contributed by atoms with van der Waals surface area (Å²) < 4.78 is 5.32. The Morgan fingerprint density at radius 3 is 2.54 bits per heavy atom. The van der Waals surface area contributed by atoms with E-state index in [1.807, 2.05) is 18.2 Å². The monoisotopic (exact) mass is 394 g/mol. The van der Waals surface area contributed by atoms with Crippen molar-refractivity contribution in [1.82, 2.24) is 10.3 Å². The highest BCUT2D eigenvalue weighted by Crippen LogP contribution is 2.27. The van der Waals surface area contributed by atoms with Crippen LogP contribution in [0.25, 0.3) is 0 Å². The fraction of sp³-hybridized carbons (Fsp3) is 0.400. The van der Waals surface area contributed by atoms with Gasteiger partial charge in [0.05, 0.1) is 23.6 Å². The van der Waals surface area contributed by atoms with Crippen molar-refractivity contribution < 1.29 is 9.53 Å². The van der Waals surface area contributed by atoms with E-state index in [9.17, 15) is 4.79 Å². The number of pyridine rings is 1. The first kappa shape index (κ1) is 20.5. The third kappa shape index (κ3) is 5.89. The van der Waals surface area contributed by atoms with Gasteiger partial charge in [0.25, 0.3) is 0 Å². The number of rotatable bonds is 8. The van der Waals surface area contributed by atoms with Crippen molar-refractivity contribution in [2.75, 3.05) is 13.7 Å². The van der Waals surface area contributed by atoms with Gasteiger partial charge in [-0.3, -0.25) is 9.78 Å². The first-order valence-corrected chi connectivity index (χ1v) is 9.34.